The molecule has 30 heavy (non-hydrogen) atoms. The van der Waals surface area contributed by atoms with Gasteiger partial charge in [-0.1, -0.05) is 41.0 Å². The van der Waals surface area contributed by atoms with Crippen LogP contribution in [0.1, 0.15) is 99.3 Å². The lowest BCUT2D eigenvalue weighted by Crippen LogP contribution is -2.66. The summed E-state index contributed by atoms with van der Waals surface area (Å²) in [5, 5.41) is 11.8. The molecule has 0 aromatic rings. The highest BCUT2D eigenvalue weighted by molar-refractivity contribution is 5.94. The van der Waals surface area contributed by atoms with Gasteiger partial charge in [-0.15, -0.1) is 0 Å². The zero-order valence-corrected chi connectivity index (χ0v) is 20.0. The summed E-state index contributed by atoms with van der Waals surface area (Å²) in [7, 11) is 0. The van der Waals surface area contributed by atoms with E-state index in [1.54, 1.807) is 0 Å². The van der Waals surface area contributed by atoms with Crippen LogP contribution in [0.5, 0.6) is 0 Å². The van der Waals surface area contributed by atoms with Crippen molar-refractivity contribution in [3.05, 3.63) is 11.1 Å². The van der Waals surface area contributed by atoms with Crippen LogP contribution in [0.25, 0.3) is 0 Å². The van der Waals surface area contributed by atoms with Crippen molar-refractivity contribution in [2.24, 2.45) is 39.4 Å². The quantitative estimate of drug-likeness (QED) is 0.531. The molecule has 3 heteroatoms. The zero-order chi connectivity index (χ0) is 21.7. The highest BCUT2D eigenvalue weighted by Gasteiger charge is 2.69. The third kappa shape index (κ3) is 2.34. The predicted molar refractivity (Wildman–Crippen MR) is 119 cm³/mol. The maximum atomic E-state index is 12.9. The molecule has 0 radical (unpaired) electrons. The summed E-state index contributed by atoms with van der Waals surface area (Å²) in [4.78, 5) is 12.9. The predicted octanol–water partition coefficient (Wildman–Crippen LogP) is 6.05. The monoisotopic (exact) mass is 414 g/mol. The van der Waals surface area contributed by atoms with E-state index in [1.807, 2.05) is 6.92 Å². The number of rotatable bonds is 1. The average Bonchev–Trinajstić information content (AvgIpc) is 2.97. The first-order valence-corrected chi connectivity index (χ1v) is 12.6. The molecule has 0 aromatic carbocycles. The second kappa shape index (κ2) is 6.36. The lowest BCUT2D eigenvalue weighted by molar-refractivity contribution is -0.224. The lowest BCUT2D eigenvalue weighted by atomic mass is 9.34. The van der Waals surface area contributed by atoms with Gasteiger partial charge in [0.2, 0.25) is 0 Å². The van der Waals surface area contributed by atoms with E-state index >= 15 is 0 Å². The Hall–Kier alpha value is -0.830. The van der Waals surface area contributed by atoms with Crippen molar-refractivity contribution in [3.63, 3.8) is 0 Å². The van der Waals surface area contributed by atoms with Gasteiger partial charge in [0.1, 0.15) is 6.10 Å². The second-order valence-corrected chi connectivity index (χ2v) is 12.7. The molecule has 0 bridgehead atoms. The summed E-state index contributed by atoms with van der Waals surface area (Å²) in [6.45, 7) is 14.2. The van der Waals surface area contributed by atoms with Crippen LogP contribution < -0.4 is 0 Å². The van der Waals surface area contributed by atoms with Gasteiger partial charge in [0.25, 0.3) is 0 Å². The van der Waals surface area contributed by atoms with E-state index in [4.69, 9.17) is 4.74 Å². The first-order chi connectivity index (χ1) is 14.0. The van der Waals surface area contributed by atoms with Gasteiger partial charge in [0, 0.05) is 11.0 Å². The number of aliphatic hydroxyl groups excluding tert-OH is 1. The molecule has 4 aliphatic carbocycles. The lowest BCUT2D eigenvalue weighted by Gasteiger charge is -2.70. The summed E-state index contributed by atoms with van der Waals surface area (Å²) in [6, 6.07) is 0. The molecule has 0 aromatic heterocycles. The van der Waals surface area contributed by atoms with Crippen molar-refractivity contribution < 1.29 is 14.6 Å². The Balaban J connectivity index is 1.62. The Kier molecular flexibility index (Phi) is 4.46. The standard InChI is InChI=1S/C27H42O3/c1-7-27-13-8-12-24(3,4)18(27)11-14-25(5)19-10-9-17-16(2)30-23(29)22(17)26(19,6)21(28)15-20(25)27/h16,18-21,28H,7-15H2,1-6H3/t16-,18+,19+,20+,21-,25+,26-,27+/m1/s1. The summed E-state index contributed by atoms with van der Waals surface area (Å²) in [6.07, 6.45) is 10.1. The summed E-state index contributed by atoms with van der Waals surface area (Å²) in [5.41, 5.74) is 2.52. The van der Waals surface area contributed by atoms with E-state index in [2.05, 4.69) is 34.6 Å². The fourth-order valence-electron chi connectivity index (χ4n) is 10.1. The first kappa shape index (κ1) is 21.0. The Morgan fingerprint density at radius 2 is 1.77 bits per heavy atom. The molecule has 0 amide bonds. The molecule has 0 spiro atoms. The molecule has 168 valence electrons. The number of aliphatic hydroxyl groups is 1. The number of cyclic esters (lactones) is 1. The van der Waals surface area contributed by atoms with Crippen LogP contribution in [0.3, 0.4) is 0 Å². The molecular weight excluding hydrogens is 372 g/mol. The number of hydrogen-bond acceptors (Lipinski definition) is 3. The third-order valence-electron chi connectivity index (χ3n) is 11.4. The highest BCUT2D eigenvalue weighted by atomic mass is 16.5. The number of carbonyl (C=O) groups excluding carboxylic acids is 1. The molecule has 3 fully saturated rings. The molecule has 5 rings (SSSR count). The average molecular weight is 415 g/mol. The Morgan fingerprint density at radius 1 is 1.03 bits per heavy atom. The SMILES string of the molecule is CC[C@]12CCCC(C)(C)[C@@H]1CC[C@]1(C)[C@@H]2C[C@@H](O)[C@]2(C)C3=C(CC[C@@H]12)[C@@H](C)OC3=O. The molecule has 1 heterocycles. The second-order valence-electron chi connectivity index (χ2n) is 12.7. The minimum atomic E-state index is -0.452. The molecule has 8 atom stereocenters. The largest absolute Gasteiger partial charge is 0.455 e. The van der Waals surface area contributed by atoms with Crippen molar-refractivity contribution >= 4 is 5.97 Å². The molecule has 0 saturated heterocycles. The molecule has 5 aliphatic rings. The molecule has 1 aliphatic heterocycles. The van der Waals surface area contributed by atoms with Gasteiger partial charge >= 0.3 is 5.97 Å². The smallest absolute Gasteiger partial charge is 0.335 e. The normalized spacial score (nSPS) is 52.1. The van der Waals surface area contributed by atoms with Crippen LogP contribution in [0.15, 0.2) is 11.1 Å². The minimum Gasteiger partial charge on any atom is -0.455 e. The molecule has 0 unspecified atom stereocenters. The van der Waals surface area contributed by atoms with E-state index in [0.29, 0.717) is 22.7 Å². The van der Waals surface area contributed by atoms with Gasteiger partial charge in [-0.3, -0.25) is 0 Å². The van der Waals surface area contributed by atoms with E-state index in [9.17, 15) is 9.90 Å². The van der Waals surface area contributed by atoms with Crippen LogP contribution in [-0.4, -0.2) is 23.3 Å². The van der Waals surface area contributed by atoms with Crippen molar-refractivity contribution in [2.75, 3.05) is 0 Å². The maximum Gasteiger partial charge on any atom is 0.335 e. The fourth-order valence-corrected chi connectivity index (χ4v) is 10.1. The van der Waals surface area contributed by atoms with E-state index in [-0.39, 0.29) is 17.5 Å². The Bertz CT molecular complexity index is 796. The summed E-state index contributed by atoms with van der Waals surface area (Å²) in [5.74, 6) is 1.53. The van der Waals surface area contributed by atoms with Crippen molar-refractivity contribution in [3.8, 4) is 0 Å². The van der Waals surface area contributed by atoms with Crippen LogP contribution in [-0.2, 0) is 9.53 Å². The van der Waals surface area contributed by atoms with Crippen LogP contribution in [0.2, 0.25) is 0 Å². The number of esters is 1. The van der Waals surface area contributed by atoms with Crippen molar-refractivity contribution in [1.29, 1.82) is 0 Å². The van der Waals surface area contributed by atoms with E-state index in [0.717, 1.165) is 30.8 Å². The zero-order valence-electron chi connectivity index (χ0n) is 20.0. The van der Waals surface area contributed by atoms with E-state index in [1.165, 1.54) is 44.1 Å². The molecular formula is C27H42O3. The van der Waals surface area contributed by atoms with Gasteiger partial charge in [-0.25, -0.2) is 4.79 Å². The summed E-state index contributed by atoms with van der Waals surface area (Å²) >= 11 is 0. The molecule has 3 saturated carbocycles. The van der Waals surface area contributed by atoms with Crippen LogP contribution in [0.4, 0.5) is 0 Å². The van der Waals surface area contributed by atoms with Crippen molar-refractivity contribution in [1.82, 2.24) is 0 Å². The third-order valence-corrected chi connectivity index (χ3v) is 11.4. The summed E-state index contributed by atoms with van der Waals surface area (Å²) < 4.78 is 5.67. The minimum absolute atomic E-state index is 0.111. The molecule has 3 nitrogen and oxygen atoms in total. The van der Waals surface area contributed by atoms with Crippen molar-refractivity contribution in [2.45, 2.75) is 112 Å². The topological polar surface area (TPSA) is 46.5 Å². The van der Waals surface area contributed by atoms with Gasteiger partial charge in [0.15, 0.2) is 0 Å². The van der Waals surface area contributed by atoms with Crippen LogP contribution in [0, 0.1) is 39.4 Å². The highest BCUT2D eigenvalue weighted by Crippen LogP contribution is 2.74. The Morgan fingerprint density at radius 3 is 2.47 bits per heavy atom. The number of fused-ring (bicyclic) bond motifs is 6. The first-order valence-electron chi connectivity index (χ1n) is 12.6. The number of carbonyl (C=O) groups is 1. The molecule has 1 N–H and O–H groups in total. The number of ether oxygens (including phenoxy) is 1. The van der Waals surface area contributed by atoms with E-state index < -0.39 is 11.5 Å². The fraction of sp³-hybridized carbons (Fsp3) is 0.889. The van der Waals surface area contributed by atoms with Gasteiger partial charge in [-0.2, -0.15) is 0 Å². The Labute approximate surface area is 183 Å². The van der Waals surface area contributed by atoms with Crippen LogP contribution >= 0.6 is 0 Å². The number of hydrogen-bond donors (Lipinski definition) is 1. The van der Waals surface area contributed by atoms with Gasteiger partial charge in [0.05, 0.1) is 6.10 Å². The maximum absolute atomic E-state index is 12.9. The van der Waals surface area contributed by atoms with Gasteiger partial charge < -0.3 is 9.84 Å². The van der Waals surface area contributed by atoms with Gasteiger partial charge in [-0.05, 0) is 97.9 Å².